The molecular formula is C28H40N2O4. The van der Waals surface area contributed by atoms with Gasteiger partial charge in [0.05, 0.1) is 5.41 Å². The maximum absolute atomic E-state index is 12.5. The van der Waals surface area contributed by atoms with Crippen LogP contribution in [0.4, 0.5) is 4.79 Å². The van der Waals surface area contributed by atoms with Gasteiger partial charge in [-0.2, -0.15) is 0 Å². The third kappa shape index (κ3) is 5.65. The highest BCUT2D eigenvalue weighted by molar-refractivity contribution is 5.77. The van der Waals surface area contributed by atoms with Gasteiger partial charge < -0.3 is 20.1 Å². The number of carboxylic acid groups (broad SMARTS) is 1. The fraction of sp³-hybridized carbons (Fsp3) is 0.643. The third-order valence-corrected chi connectivity index (χ3v) is 8.01. The zero-order valence-electron chi connectivity index (χ0n) is 21.0. The topological polar surface area (TPSA) is 78.9 Å². The molecule has 0 bridgehead atoms. The maximum Gasteiger partial charge on any atom is 0.407 e. The summed E-state index contributed by atoms with van der Waals surface area (Å²) in [4.78, 5) is 27.2. The highest BCUT2D eigenvalue weighted by Crippen LogP contribution is 2.56. The van der Waals surface area contributed by atoms with Crippen molar-refractivity contribution in [1.82, 2.24) is 10.2 Å². The number of aliphatic carboxylic acids is 1. The largest absolute Gasteiger partial charge is 0.481 e. The van der Waals surface area contributed by atoms with Gasteiger partial charge in [-0.05, 0) is 82.7 Å². The molecule has 6 atom stereocenters. The number of carbonyl (C=O) groups is 2. The molecule has 1 aliphatic heterocycles. The Morgan fingerprint density at radius 3 is 2.59 bits per heavy atom. The molecule has 3 fully saturated rings. The molecule has 0 aromatic heterocycles. The van der Waals surface area contributed by atoms with Crippen molar-refractivity contribution in [2.45, 2.75) is 77.5 Å². The van der Waals surface area contributed by atoms with Crippen molar-refractivity contribution < 1.29 is 19.4 Å². The Bertz CT molecular complexity index is 909. The van der Waals surface area contributed by atoms with Crippen LogP contribution in [0.2, 0.25) is 0 Å². The molecule has 2 N–H and O–H groups in total. The Hall–Kier alpha value is -2.34. The number of hydrogen-bond acceptors (Lipinski definition) is 4. The molecule has 1 saturated heterocycles. The number of carboxylic acids is 1. The van der Waals surface area contributed by atoms with E-state index in [0.717, 1.165) is 32.4 Å². The molecule has 4 rings (SSSR count). The second-order valence-corrected chi connectivity index (χ2v) is 11.6. The van der Waals surface area contributed by atoms with Crippen LogP contribution in [0.15, 0.2) is 36.4 Å². The first-order chi connectivity index (χ1) is 16.1. The lowest BCUT2D eigenvalue weighted by Crippen LogP contribution is -2.45. The van der Waals surface area contributed by atoms with Crippen molar-refractivity contribution in [3.63, 3.8) is 0 Å². The van der Waals surface area contributed by atoms with Crippen LogP contribution in [0.3, 0.4) is 0 Å². The van der Waals surface area contributed by atoms with Gasteiger partial charge in [0.15, 0.2) is 0 Å². The normalized spacial score (nSPS) is 34.2. The molecule has 5 unspecified atom stereocenters. The van der Waals surface area contributed by atoms with Crippen molar-refractivity contribution >= 4 is 18.1 Å². The second kappa shape index (κ2) is 9.73. The van der Waals surface area contributed by atoms with E-state index in [1.54, 1.807) is 0 Å². The van der Waals surface area contributed by atoms with Crippen molar-refractivity contribution in [3.05, 3.63) is 42.0 Å². The van der Waals surface area contributed by atoms with Crippen molar-refractivity contribution in [2.24, 2.45) is 23.2 Å². The number of piperidine rings is 1. The summed E-state index contributed by atoms with van der Waals surface area (Å²) in [7, 11) is 0. The predicted molar refractivity (Wildman–Crippen MR) is 133 cm³/mol. The zero-order valence-corrected chi connectivity index (χ0v) is 21.0. The number of amides is 1. The first-order valence-electron chi connectivity index (χ1n) is 12.8. The van der Waals surface area contributed by atoms with Crippen LogP contribution in [-0.2, 0) is 9.53 Å². The van der Waals surface area contributed by atoms with Crippen LogP contribution in [0, 0.1) is 23.2 Å². The van der Waals surface area contributed by atoms with E-state index in [4.69, 9.17) is 4.74 Å². The average Bonchev–Trinajstić information content (AvgIpc) is 3.37. The Balaban J connectivity index is 1.32. The van der Waals surface area contributed by atoms with E-state index in [9.17, 15) is 14.7 Å². The number of carbonyl (C=O) groups excluding carboxylic acids is 1. The van der Waals surface area contributed by atoms with Gasteiger partial charge in [-0.3, -0.25) is 4.79 Å². The summed E-state index contributed by atoms with van der Waals surface area (Å²) in [6.07, 6.45) is 8.24. The van der Waals surface area contributed by atoms with E-state index >= 15 is 0 Å². The summed E-state index contributed by atoms with van der Waals surface area (Å²) in [5.74, 6) is 0.373. The smallest absolute Gasteiger partial charge is 0.407 e. The Kier molecular flexibility index (Phi) is 7.09. The molecule has 1 aromatic rings. The quantitative estimate of drug-likeness (QED) is 0.600. The van der Waals surface area contributed by atoms with Gasteiger partial charge in [0, 0.05) is 18.6 Å². The number of hydrogen-bond donors (Lipinski definition) is 2. The van der Waals surface area contributed by atoms with Crippen molar-refractivity contribution in [3.8, 4) is 0 Å². The fourth-order valence-electron chi connectivity index (χ4n) is 6.09. The summed E-state index contributed by atoms with van der Waals surface area (Å²) in [5.41, 5.74) is -0.0631. The van der Waals surface area contributed by atoms with Crippen molar-refractivity contribution in [2.75, 3.05) is 13.1 Å². The molecule has 1 heterocycles. The van der Waals surface area contributed by atoms with E-state index in [0.29, 0.717) is 30.7 Å². The highest BCUT2D eigenvalue weighted by Gasteiger charge is 2.61. The Morgan fingerprint density at radius 1 is 1.21 bits per heavy atom. The first-order valence-corrected chi connectivity index (χ1v) is 12.8. The zero-order chi connectivity index (χ0) is 24.5. The van der Waals surface area contributed by atoms with E-state index in [1.807, 2.05) is 26.8 Å². The minimum atomic E-state index is -0.738. The number of benzene rings is 1. The Morgan fingerprint density at radius 2 is 1.94 bits per heavy atom. The predicted octanol–water partition coefficient (Wildman–Crippen LogP) is 5.19. The summed E-state index contributed by atoms with van der Waals surface area (Å²) in [6, 6.07) is 10.6. The van der Waals surface area contributed by atoms with Gasteiger partial charge >= 0.3 is 12.1 Å². The average molecular weight is 469 g/mol. The summed E-state index contributed by atoms with van der Waals surface area (Å²) in [5, 5.41) is 13.1. The molecule has 1 amide bonds. The molecule has 1 aromatic carbocycles. The molecule has 2 aliphatic carbocycles. The van der Waals surface area contributed by atoms with Gasteiger partial charge in [0.1, 0.15) is 5.60 Å². The molecule has 6 nitrogen and oxygen atoms in total. The lowest BCUT2D eigenvalue weighted by molar-refractivity contribution is -0.150. The van der Waals surface area contributed by atoms with E-state index < -0.39 is 23.1 Å². The van der Waals surface area contributed by atoms with E-state index in [2.05, 4.69) is 53.6 Å². The monoisotopic (exact) mass is 468 g/mol. The first kappa shape index (κ1) is 24.8. The SMILES string of the molecule is C[C@H]1CN(C2CCC(C(=O)O)(C3CC3NC(=O)OC(C)(C)C)C2)CCC1/C=C\c1ccccc1. The number of ether oxygens (including phenoxy) is 1. The fourth-order valence-corrected chi connectivity index (χ4v) is 6.09. The van der Waals surface area contributed by atoms with Gasteiger partial charge in [0.2, 0.25) is 0 Å². The van der Waals surface area contributed by atoms with Crippen LogP contribution in [-0.4, -0.2) is 52.8 Å². The maximum atomic E-state index is 12.5. The number of likely N-dealkylation sites (tertiary alicyclic amines) is 1. The molecule has 34 heavy (non-hydrogen) atoms. The minimum Gasteiger partial charge on any atom is -0.481 e. The molecule has 0 spiro atoms. The molecule has 0 radical (unpaired) electrons. The van der Waals surface area contributed by atoms with Crippen molar-refractivity contribution in [1.29, 1.82) is 0 Å². The number of allylic oxidation sites excluding steroid dienone is 1. The van der Waals surface area contributed by atoms with Crippen LogP contribution >= 0.6 is 0 Å². The minimum absolute atomic E-state index is 0.00807. The summed E-state index contributed by atoms with van der Waals surface area (Å²) >= 11 is 0. The lowest BCUT2D eigenvalue weighted by Gasteiger charge is -2.40. The number of rotatable bonds is 6. The standard InChI is InChI=1S/C28H40N2O4/c1-19-18-30(15-13-21(19)11-10-20-8-6-5-7-9-20)22-12-14-28(17-22,25(31)32)23-16-24(23)29-26(33)34-27(2,3)4/h5-11,19,21-24H,12-18H2,1-4H3,(H,29,33)(H,31,32)/b11-10-/t19-,21?,22?,23?,24?,28?/m0/s1. The number of nitrogens with zero attached hydrogens (tertiary/aromatic N) is 1. The molecule has 2 saturated carbocycles. The molecule has 186 valence electrons. The van der Waals surface area contributed by atoms with Crippen LogP contribution in [0.1, 0.15) is 65.4 Å². The van der Waals surface area contributed by atoms with Crippen LogP contribution in [0.25, 0.3) is 6.08 Å². The van der Waals surface area contributed by atoms with E-state index in [1.165, 1.54) is 5.56 Å². The Labute approximate surface area is 203 Å². The number of nitrogens with one attached hydrogen (secondary N) is 1. The van der Waals surface area contributed by atoms with Crippen LogP contribution in [0.5, 0.6) is 0 Å². The van der Waals surface area contributed by atoms with E-state index in [-0.39, 0.29) is 12.0 Å². The lowest BCUT2D eigenvalue weighted by atomic mass is 9.80. The van der Waals surface area contributed by atoms with Gasteiger partial charge in [-0.15, -0.1) is 0 Å². The molecule has 6 heteroatoms. The highest BCUT2D eigenvalue weighted by atomic mass is 16.6. The van der Waals surface area contributed by atoms with Crippen LogP contribution < -0.4 is 5.32 Å². The van der Waals surface area contributed by atoms with Gasteiger partial charge in [-0.1, -0.05) is 49.4 Å². The molecule has 3 aliphatic rings. The van der Waals surface area contributed by atoms with Gasteiger partial charge in [-0.25, -0.2) is 4.79 Å². The summed E-state index contributed by atoms with van der Waals surface area (Å²) < 4.78 is 5.37. The third-order valence-electron chi connectivity index (χ3n) is 8.01. The summed E-state index contributed by atoms with van der Waals surface area (Å²) in [6.45, 7) is 9.83. The number of alkyl carbamates (subject to hydrolysis) is 1. The second-order valence-electron chi connectivity index (χ2n) is 11.6. The van der Waals surface area contributed by atoms with Gasteiger partial charge in [0.25, 0.3) is 0 Å². The molecular weight excluding hydrogens is 428 g/mol.